The van der Waals surface area contributed by atoms with Crippen molar-refractivity contribution in [3.05, 3.63) is 28.8 Å². The van der Waals surface area contributed by atoms with Gasteiger partial charge >= 0.3 is 0 Å². The molecule has 1 unspecified atom stereocenters. The number of nitrogens with one attached hydrogen (secondary N) is 1. The number of hydrogen-bond acceptors (Lipinski definition) is 2. The zero-order chi connectivity index (χ0) is 12.2. The van der Waals surface area contributed by atoms with E-state index in [4.69, 9.17) is 11.6 Å². The van der Waals surface area contributed by atoms with Crippen LogP contribution in [0, 0.1) is 0 Å². The summed E-state index contributed by atoms with van der Waals surface area (Å²) in [6.45, 7) is 1.86. The van der Waals surface area contributed by atoms with Gasteiger partial charge in [0.2, 0.25) is 5.91 Å². The van der Waals surface area contributed by atoms with Crippen LogP contribution in [0.4, 0.5) is 5.69 Å². The molecule has 2 aliphatic rings. The van der Waals surface area contributed by atoms with Crippen molar-refractivity contribution in [1.29, 1.82) is 0 Å². The van der Waals surface area contributed by atoms with Crippen LogP contribution in [0.5, 0.6) is 0 Å². The second-order valence-electron chi connectivity index (χ2n) is 4.62. The Balaban J connectivity index is 2.24. The quantitative estimate of drug-likeness (QED) is 0.765. The predicted molar refractivity (Wildman–Crippen MR) is 64.0 cm³/mol. The third-order valence-corrected chi connectivity index (χ3v) is 3.63. The summed E-state index contributed by atoms with van der Waals surface area (Å²) in [5.74, 6) is -0.124. The molecule has 1 fully saturated rings. The number of carbonyl (C=O) groups excluding carboxylic acids is 2. The molecule has 2 amide bonds. The first-order valence-electron chi connectivity index (χ1n) is 5.46. The Morgan fingerprint density at radius 3 is 2.94 bits per heavy atom. The molecule has 2 heterocycles. The van der Waals surface area contributed by atoms with Crippen LogP contribution in [0.3, 0.4) is 0 Å². The Morgan fingerprint density at radius 2 is 2.18 bits per heavy atom. The van der Waals surface area contributed by atoms with Gasteiger partial charge in [0.25, 0.3) is 5.91 Å². The predicted octanol–water partition coefficient (Wildman–Crippen LogP) is 1.93. The number of benzene rings is 1. The van der Waals surface area contributed by atoms with Gasteiger partial charge in [-0.3, -0.25) is 14.5 Å². The largest absolute Gasteiger partial charge is 0.329 e. The minimum Gasteiger partial charge on any atom is -0.329 e. The molecular formula is C12H11ClN2O2. The zero-order valence-corrected chi connectivity index (χ0v) is 10.0. The summed E-state index contributed by atoms with van der Waals surface area (Å²) in [6.07, 6.45) is 1.08. The highest BCUT2D eigenvalue weighted by atomic mass is 35.5. The van der Waals surface area contributed by atoms with Crippen LogP contribution in [0.15, 0.2) is 18.2 Å². The van der Waals surface area contributed by atoms with Crippen molar-refractivity contribution in [2.45, 2.75) is 25.4 Å². The summed E-state index contributed by atoms with van der Waals surface area (Å²) in [7, 11) is 0. The lowest BCUT2D eigenvalue weighted by molar-refractivity contribution is -0.117. The number of rotatable bonds is 0. The maximum absolute atomic E-state index is 12.0. The third kappa shape index (κ3) is 1.37. The van der Waals surface area contributed by atoms with Crippen molar-refractivity contribution in [2.75, 3.05) is 4.90 Å². The molecule has 88 valence electrons. The molecule has 3 rings (SSSR count). The fourth-order valence-electron chi connectivity index (χ4n) is 2.56. The zero-order valence-electron chi connectivity index (χ0n) is 9.29. The van der Waals surface area contributed by atoms with Gasteiger partial charge in [-0.1, -0.05) is 11.6 Å². The second kappa shape index (κ2) is 3.23. The molecule has 0 radical (unpaired) electrons. The number of nitrogens with zero attached hydrogens (tertiary/aromatic N) is 1. The normalized spacial score (nSPS) is 26.6. The lowest BCUT2D eigenvalue weighted by Crippen LogP contribution is -2.60. The fourth-order valence-corrected chi connectivity index (χ4v) is 2.73. The Morgan fingerprint density at radius 1 is 1.41 bits per heavy atom. The van der Waals surface area contributed by atoms with E-state index in [0.29, 0.717) is 29.1 Å². The molecule has 1 aromatic carbocycles. The van der Waals surface area contributed by atoms with Crippen molar-refractivity contribution in [2.24, 2.45) is 0 Å². The second-order valence-corrected chi connectivity index (χ2v) is 5.06. The van der Waals surface area contributed by atoms with Crippen LogP contribution in [0.2, 0.25) is 5.02 Å². The van der Waals surface area contributed by atoms with Crippen molar-refractivity contribution in [3.63, 3.8) is 0 Å². The SMILES string of the molecule is CC12CCC(=O)N1c1cc(Cl)ccc1C(=O)N2. The van der Waals surface area contributed by atoms with Gasteiger partial charge in [-0.15, -0.1) is 0 Å². The highest BCUT2D eigenvalue weighted by Crippen LogP contribution is 2.39. The van der Waals surface area contributed by atoms with E-state index in [-0.39, 0.29) is 11.8 Å². The number of halogens is 1. The molecule has 1 atom stereocenters. The summed E-state index contributed by atoms with van der Waals surface area (Å²) in [4.78, 5) is 25.5. The van der Waals surface area contributed by atoms with Crippen molar-refractivity contribution in [3.8, 4) is 0 Å². The Kier molecular flexibility index (Phi) is 2.01. The highest BCUT2D eigenvalue weighted by Gasteiger charge is 2.47. The molecule has 2 aliphatic heterocycles. The van der Waals surface area contributed by atoms with E-state index in [2.05, 4.69) is 5.32 Å². The number of fused-ring (bicyclic) bond motifs is 3. The van der Waals surface area contributed by atoms with Crippen molar-refractivity contribution >= 4 is 29.1 Å². The number of hydrogen-bond donors (Lipinski definition) is 1. The Hall–Kier alpha value is -1.55. The van der Waals surface area contributed by atoms with Gasteiger partial charge in [0.15, 0.2) is 0 Å². The van der Waals surface area contributed by atoms with Gasteiger partial charge < -0.3 is 5.32 Å². The third-order valence-electron chi connectivity index (χ3n) is 3.40. The van der Waals surface area contributed by atoms with E-state index < -0.39 is 5.66 Å². The minimum absolute atomic E-state index is 0.0241. The molecule has 1 saturated heterocycles. The van der Waals surface area contributed by atoms with Gasteiger partial charge in [-0.25, -0.2) is 0 Å². The first-order chi connectivity index (χ1) is 8.01. The lowest BCUT2D eigenvalue weighted by Gasteiger charge is -2.40. The Labute approximate surface area is 104 Å². The summed E-state index contributed by atoms with van der Waals surface area (Å²) in [5.41, 5.74) is 0.514. The van der Waals surface area contributed by atoms with Crippen molar-refractivity contribution < 1.29 is 9.59 Å². The smallest absolute Gasteiger partial charge is 0.255 e. The van der Waals surface area contributed by atoms with E-state index >= 15 is 0 Å². The molecular weight excluding hydrogens is 240 g/mol. The van der Waals surface area contributed by atoms with E-state index in [0.717, 1.165) is 0 Å². The number of carbonyl (C=O) groups is 2. The molecule has 4 nitrogen and oxygen atoms in total. The lowest BCUT2D eigenvalue weighted by atomic mass is 10.0. The summed E-state index contributed by atoms with van der Waals surface area (Å²) >= 11 is 5.94. The fraction of sp³-hybridized carbons (Fsp3) is 0.333. The topological polar surface area (TPSA) is 49.4 Å². The molecule has 1 aromatic rings. The van der Waals surface area contributed by atoms with Crippen LogP contribution in [0.25, 0.3) is 0 Å². The van der Waals surface area contributed by atoms with Gasteiger partial charge in [0.05, 0.1) is 11.3 Å². The highest BCUT2D eigenvalue weighted by molar-refractivity contribution is 6.31. The molecule has 5 heteroatoms. The van der Waals surface area contributed by atoms with E-state index in [1.165, 1.54) is 0 Å². The van der Waals surface area contributed by atoms with Gasteiger partial charge in [-0.05, 0) is 31.5 Å². The van der Waals surface area contributed by atoms with Crippen LogP contribution < -0.4 is 10.2 Å². The van der Waals surface area contributed by atoms with Gasteiger partial charge in [0, 0.05) is 11.4 Å². The van der Waals surface area contributed by atoms with E-state index in [1.54, 1.807) is 23.1 Å². The summed E-state index contributed by atoms with van der Waals surface area (Å²) in [6, 6.07) is 4.98. The van der Waals surface area contributed by atoms with E-state index in [9.17, 15) is 9.59 Å². The molecule has 0 bridgehead atoms. The van der Waals surface area contributed by atoms with E-state index in [1.807, 2.05) is 6.92 Å². The molecule has 17 heavy (non-hydrogen) atoms. The minimum atomic E-state index is -0.605. The monoisotopic (exact) mass is 250 g/mol. The standard InChI is InChI=1S/C12H11ClN2O2/c1-12-5-4-10(16)15(12)9-6-7(13)2-3-8(9)11(17)14-12/h2-3,6H,4-5H2,1H3,(H,14,17). The molecule has 1 N–H and O–H groups in total. The van der Waals surface area contributed by atoms with Gasteiger partial charge in [0.1, 0.15) is 5.66 Å². The first-order valence-corrected chi connectivity index (χ1v) is 5.84. The molecule has 0 spiro atoms. The molecule has 0 aliphatic carbocycles. The van der Waals surface area contributed by atoms with Crippen LogP contribution in [-0.4, -0.2) is 17.5 Å². The average Bonchev–Trinajstić information content (AvgIpc) is 2.54. The summed E-state index contributed by atoms with van der Waals surface area (Å²) in [5, 5.41) is 3.41. The van der Waals surface area contributed by atoms with Gasteiger partial charge in [-0.2, -0.15) is 0 Å². The van der Waals surface area contributed by atoms with Crippen LogP contribution in [0.1, 0.15) is 30.1 Å². The van der Waals surface area contributed by atoms with Crippen LogP contribution >= 0.6 is 11.6 Å². The van der Waals surface area contributed by atoms with Crippen LogP contribution in [-0.2, 0) is 4.79 Å². The number of anilines is 1. The maximum atomic E-state index is 12.0. The summed E-state index contributed by atoms with van der Waals surface area (Å²) < 4.78 is 0. The maximum Gasteiger partial charge on any atom is 0.255 e. The molecule has 0 saturated carbocycles. The van der Waals surface area contributed by atoms with Crippen molar-refractivity contribution in [1.82, 2.24) is 5.32 Å². The number of amides is 2. The first kappa shape index (κ1) is 10.6. The average molecular weight is 251 g/mol. The molecule has 0 aromatic heterocycles. The Bertz CT molecular complexity index is 543.